The van der Waals surface area contributed by atoms with Crippen LogP contribution in [0.1, 0.15) is 17.5 Å². The number of aromatic nitrogens is 3. The molecule has 0 amide bonds. The molecule has 8 nitrogen and oxygen atoms in total. The summed E-state index contributed by atoms with van der Waals surface area (Å²) in [5, 5.41) is 3.59. The SMILES string of the molecule is c1cncc([C@H]2NC3=NCN(Cc4ccco4)CN3c3nc4ccccc4n32)c1. The highest BCUT2D eigenvalue weighted by Crippen LogP contribution is 2.33. The summed E-state index contributed by atoms with van der Waals surface area (Å²) < 4.78 is 7.74. The van der Waals surface area contributed by atoms with Gasteiger partial charge in [-0.2, -0.15) is 0 Å². The van der Waals surface area contributed by atoms with Crippen LogP contribution in [0.25, 0.3) is 11.0 Å². The Balaban J connectivity index is 1.44. The predicted molar refractivity (Wildman–Crippen MR) is 109 cm³/mol. The minimum Gasteiger partial charge on any atom is -0.468 e. The second kappa shape index (κ2) is 6.46. The lowest BCUT2D eigenvalue weighted by Gasteiger charge is -2.41. The number of hydrogen-bond donors (Lipinski definition) is 1. The van der Waals surface area contributed by atoms with Crippen LogP contribution in [0.2, 0.25) is 0 Å². The van der Waals surface area contributed by atoms with E-state index in [2.05, 4.69) is 36.8 Å². The van der Waals surface area contributed by atoms with E-state index in [1.54, 1.807) is 12.5 Å². The Morgan fingerprint density at radius 2 is 2.07 bits per heavy atom. The second-order valence-electron chi connectivity index (χ2n) is 7.20. The second-order valence-corrected chi connectivity index (χ2v) is 7.20. The normalized spacial score (nSPS) is 18.8. The molecule has 0 saturated carbocycles. The fourth-order valence-electron chi connectivity index (χ4n) is 4.00. The predicted octanol–water partition coefficient (Wildman–Crippen LogP) is 2.77. The summed E-state index contributed by atoms with van der Waals surface area (Å²) in [5.41, 5.74) is 3.10. The van der Waals surface area contributed by atoms with Crippen LogP contribution in [-0.4, -0.2) is 38.7 Å². The van der Waals surface area contributed by atoms with Crippen molar-refractivity contribution in [2.24, 2.45) is 4.99 Å². The van der Waals surface area contributed by atoms with E-state index in [-0.39, 0.29) is 6.17 Å². The minimum absolute atomic E-state index is 0.113. The zero-order valence-corrected chi connectivity index (χ0v) is 15.6. The van der Waals surface area contributed by atoms with Crippen molar-refractivity contribution >= 4 is 22.9 Å². The average Bonchev–Trinajstić information content (AvgIpc) is 3.42. The topological polar surface area (TPSA) is 74.7 Å². The number of imidazole rings is 1. The van der Waals surface area contributed by atoms with Crippen LogP contribution in [0.15, 0.2) is 76.6 Å². The summed E-state index contributed by atoms with van der Waals surface area (Å²) in [4.78, 5) is 18.4. The van der Waals surface area contributed by atoms with Gasteiger partial charge in [0.1, 0.15) is 11.9 Å². The number of anilines is 1. The fourth-order valence-corrected chi connectivity index (χ4v) is 4.00. The molecular formula is C21H19N7O. The number of furan rings is 1. The third-order valence-corrected chi connectivity index (χ3v) is 5.32. The molecule has 1 atom stereocenters. The Morgan fingerprint density at radius 3 is 2.93 bits per heavy atom. The van der Waals surface area contributed by atoms with Crippen LogP contribution in [-0.2, 0) is 6.54 Å². The summed E-state index contributed by atoms with van der Waals surface area (Å²) in [6, 6.07) is 16.1. The molecule has 4 aromatic rings. The van der Waals surface area contributed by atoms with Gasteiger partial charge in [-0.1, -0.05) is 18.2 Å². The molecule has 1 N–H and O–H groups in total. The molecule has 29 heavy (non-hydrogen) atoms. The van der Waals surface area contributed by atoms with Crippen LogP contribution in [0.4, 0.5) is 5.95 Å². The van der Waals surface area contributed by atoms with Crippen molar-refractivity contribution in [1.82, 2.24) is 24.8 Å². The average molecular weight is 385 g/mol. The molecule has 5 heterocycles. The van der Waals surface area contributed by atoms with Crippen LogP contribution < -0.4 is 10.2 Å². The number of nitrogens with one attached hydrogen (secondary N) is 1. The minimum atomic E-state index is -0.113. The van der Waals surface area contributed by atoms with Crippen LogP contribution in [0, 0.1) is 0 Å². The number of nitrogens with zero attached hydrogens (tertiary/aromatic N) is 6. The number of fused-ring (bicyclic) bond motifs is 5. The number of hydrogen-bond acceptors (Lipinski definition) is 7. The Kier molecular flexibility index (Phi) is 3.63. The number of aliphatic imine (C=N–C) groups is 1. The maximum absolute atomic E-state index is 5.51. The molecule has 144 valence electrons. The summed E-state index contributed by atoms with van der Waals surface area (Å²) in [6.45, 7) is 1.97. The smallest absolute Gasteiger partial charge is 0.216 e. The molecule has 6 rings (SSSR count). The van der Waals surface area contributed by atoms with Gasteiger partial charge in [0.05, 0.1) is 37.2 Å². The van der Waals surface area contributed by atoms with Crippen LogP contribution >= 0.6 is 0 Å². The maximum atomic E-state index is 5.51. The first-order chi connectivity index (χ1) is 14.4. The molecule has 2 aliphatic heterocycles. The van der Waals surface area contributed by atoms with E-state index in [4.69, 9.17) is 14.4 Å². The fraction of sp³-hybridized carbons (Fsp3) is 0.190. The van der Waals surface area contributed by atoms with Crippen molar-refractivity contribution < 1.29 is 4.42 Å². The third kappa shape index (κ3) is 2.68. The molecule has 0 aliphatic carbocycles. The van der Waals surface area contributed by atoms with E-state index in [1.165, 1.54) is 0 Å². The van der Waals surface area contributed by atoms with Gasteiger partial charge < -0.3 is 9.73 Å². The largest absolute Gasteiger partial charge is 0.468 e. The van der Waals surface area contributed by atoms with E-state index in [9.17, 15) is 0 Å². The molecule has 8 heteroatoms. The molecule has 0 unspecified atom stereocenters. The van der Waals surface area contributed by atoms with Crippen molar-refractivity contribution in [2.45, 2.75) is 12.7 Å². The number of guanidine groups is 1. The lowest BCUT2D eigenvalue weighted by atomic mass is 10.2. The van der Waals surface area contributed by atoms with Crippen molar-refractivity contribution in [3.8, 4) is 0 Å². The van der Waals surface area contributed by atoms with Gasteiger partial charge in [0.25, 0.3) is 0 Å². The molecular weight excluding hydrogens is 366 g/mol. The molecule has 0 bridgehead atoms. The van der Waals surface area contributed by atoms with E-state index < -0.39 is 0 Å². The van der Waals surface area contributed by atoms with Gasteiger partial charge in [0, 0.05) is 18.0 Å². The van der Waals surface area contributed by atoms with Crippen molar-refractivity contribution in [3.05, 3.63) is 78.5 Å². The van der Waals surface area contributed by atoms with Gasteiger partial charge in [-0.05, 0) is 30.3 Å². The van der Waals surface area contributed by atoms with E-state index in [1.807, 2.05) is 42.6 Å². The summed E-state index contributed by atoms with van der Waals surface area (Å²) in [7, 11) is 0. The Bertz CT molecular complexity index is 1180. The summed E-state index contributed by atoms with van der Waals surface area (Å²) in [6.07, 6.45) is 5.26. The van der Waals surface area contributed by atoms with Crippen molar-refractivity contribution in [2.75, 3.05) is 18.2 Å². The van der Waals surface area contributed by atoms with Gasteiger partial charge in [0.2, 0.25) is 11.9 Å². The maximum Gasteiger partial charge on any atom is 0.216 e. The summed E-state index contributed by atoms with van der Waals surface area (Å²) >= 11 is 0. The lowest BCUT2D eigenvalue weighted by Crippen LogP contribution is -2.57. The number of benzene rings is 1. The third-order valence-electron chi connectivity index (χ3n) is 5.32. The number of para-hydroxylation sites is 2. The Morgan fingerprint density at radius 1 is 1.10 bits per heavy atom. The first-order valence-electron chi connectivity index (χ1n) is 9.57. The molecule has 0 saturated heterocycles. The van der Waals surface area contributed by atoms with Gasteiger partial charge >= 0.3 is 0 Å². The number of rotatable bonds is 3. The Hall–Kier alpha value is -3.65. The highest BCUT2D eigenvalue weighted by Gasteiger charge is 2.35. The molecule has 3 aromatic heterocycles. The van der Waals surface area contributed by atoms with E-state index in [0.717, 1.165) is 34.3 Å². The monoisotopic (exact) mass is 385 g/mol. The highest BCUT2D eigenvalue weighted by atomic mass is 16.3. The van der Waals surface area contributed by atoms with Gasteiger partial charge in [-0.25, -0.2) is 9.98 Å². The van der Waals surface area contributed by atoms with Crippen molar-refractivity contribution in [3.63, 3.8) is 0 Å². The van der Waals surface area contributed by atoms with Gasteiger partial charge in [-0.3, -0.25) is 19.4 Å². The van der Waals surface area contributed by atoms with E-state index >= 15 is 0 Å². The van der Waals surface area contributed by atoms with Gasteiger partial charge in [-0.15, -0.1) is 0 Å². The molecule has 0 radical (unpaired) electrons. The number of pyridine rings is 1. The molecule has 2 aliphatic rings. The van der Waals surface area contributed by atoms with Crippen LogP contribution in [0.5, 0.6) is 0 Å². The van der Waals surface area contributed by atoms with Crippen molar-refractivity contribution in [1.29, 1.82) is 0 Å². The molecule has 0 fully saturated rings. The zero-order chi connectivity index (χ0) is 19.2. The molecule has 0 spiro atoms. The highest BCUT2D eigenvalue weighted by molar-refractivity contribution is 5.98. The quantitative estimate of drug-likeness (QED) is 0.585. The van der Waals surface area contributed by atoms with Gasteiger partial charge in [0.15, 0.2) is 0 Å². The molecule has 1 aromatic carbocycles. The lowest BCUT2D eigenvalue weighted by molar-refractivity contribution is 0.243. The summed E-state index contributed by atoms with van der Waals surface area (Å²) in [5.74, 6) is 2.63. The zero-order valence-electron chi connectivity index (χ0n) is 15.6. The van der Waals surface area contributed by atoms with Crippen LogP contribution in [0.3, 0.4) is 0 Å². The first kappa shape index (κ1) is 16.3. The standard InChI is InChI=1S/C21H19N7O/c1-2-8-18-17(7-1)24-21-27-14-26(12-16-6-4-10-29-16)13-23-20(27)25-19(28(18)21)15-5-3-9-22-11-15/h1-11,19H,12-14H2,(H,23,25)/t19-/m0/s1. The van der Waals surface area contributed by atoms with E-state index in [0.29, 0.717) is 19.9 Å². The Labute approximate surface area is 167 Å². The first-order valence-corrected chi connectivity index (χ1v) is 9.57.